The van der Waals surface area contributed by atoms with Gasteiger partial charge >= 0.3 is 6.16 Å². The first-order valence-corrected chi connectivity index (χ1v) is 20.1. The highest BCUT2D eigenvalue weighted by Gasteiger charge is 2.62. The molecule has 6 heteroatoms. The van der Waals surface area contributed by atoms with Crippen LogP contribution in [0.1, 0.15) is 124 Å². The third kappa shape index (κ3) is 5.06. The fraction of sp³-hybridized carbons (Fsp3) is 0.905. The van der Waals surface area contributed by atoms with Crippen LogP contribution < -0.4 is 0 Å². The van der Waals surface area contributed by atoms with Crippen molar-refractivity contribution in [2.45, 2.75) is 148 Å². The normalized spacial score (nSPS) is 52.8. The molecule has 0 aromatic heterocycles. The van der Waals surface area contributed by atoms with Crippen molar-refractivity contribution >= 4 is 0 Å². The molecule has 0 saturated heterocycles. The number of methoxy groups -OCH3 is 2. The van der Waals surface area contributed by atoms with Crippen molar-refractivity contribution in [3.05, 3.63) is 23.8 Å². The highest BCUT2D eigenvalue weighted by Crippen LogP contribution is 2.68. The molecule has 6 unspecified atom stereocenters. The Morgan fingerprint density at radius 1 is 0.729 bits per heavy atom. The van der Waals surface area contributed by atoms with Crippen molar-refractivity contribution in [1.29, 1.82) is 0 Å². The van der Waals surface area contributed by atoms with Crippen molar-refractivity contribution in [2.24, 2.45) is 69.0 Å². The van der Waals surface area contributed by atoms with Crippen LogP contribution in [0.2, 0.25) is 0 Å². The molecule has 0 heterocycles. The summed E-state index contributed by atoms with van der Waals surface area (Å²) in [5, 5.41) is 20.8. The molecule has 8 aliphatic rings. The summed E-state index contributed by atoms with van der Waals surface area (Å²) in [6.45, 7) is 10.7. The minimum absolute atomic E-state index is 0.0409. The number of rotatable bonds is 7. The first-order valence-electron chi connectivity index (χ1n) is 20.1. The van der Waals surface area contributed by atoms with E-state index in [1.54, 1.807) is 19.8 Å². The van der Waals surface area contributed by atoms with Crippen LogP contribution in [-0.4, -0.2) is 55.5 Å². The molecule has 0 aliphatic heterocycles. The van der Waals surface area contributed by atoms with Gasteiger partial charge in [0.05, 0.1) is 24.9 Å². The molecule has 0 bridgehead atoms. The number of aliphatic hydroxyl groups excluding tert-OH is 2. The maximum absolute atomic E-state index is 10.4. The lowest BCUT2D eigenvalue weighted by Gasteiger charge is -2.59. The van der Waals surface area contributed by atoms with Crippen molar-refractivity contribution in [1.82, 2.24) is 0 Å². The third-order valence-corrected chi connectivity index (χ3v) is 17.6. The Hall–Kier alpha value is -0.760. The Morgan fingerprint density at radius 3 is 2.23 bits per heavy atom. The summed E-state index contributed by atoms with van der Waals surface area (Å²) in [7, 11) is 3.36. The molecule has 15 atom stereocenters. The van der Waals surface area contributed by atoms with Crippen LogP contribution in [0.4, 0.5) is 0 Å². The van der Waals surface area contributed by atoms with Gasteiger partial charge in [-0.15, -0.1) is 0 Å². The largest absolute Gasteiger partial charge is 0.412 e. The van der Waals surface area contributed by atoms with Crippen LogP contribution in [0.15, 0.2) is 23.8 Å². The molecule has 48 heavy (non-hydrogen) atoms. The molecule has 6 nitrogen and oxygen atoms in total. The molecule has 0 radical (unpaired) electrons. The van der Waals surface area contributed by atoms with Gasteiger partial charge < -0.3 is 24.4 Å². The SMILES string of the molecule is COC(OC)(OCC1CCC2C3CCC4=CC(O)CC[C@]4(C)C3CC[C@]12C)O[C@H]1CC[C@H]2[C@@H]3CC[C@H]4CC(O)C=C[C@]4(C)[C@H]3CC[C@]12C. The fourth-order valence-electron chi connectivity index (χ4n) is 14.7. The Labute approximate surface area is 290 Å². The lowest BCUT2D eigenvalue weighted by molar-refractivity contribution is -0.503. The zero-order valence-corrected chi connectivity index (χ0v) is 30.9. The van der Waals surface area contributed by atoms with Crippen molar-refractivity contribution in [2.75, 3.05) is 20.8 Å². The van der Waals surface area contributed by atoms with Crippen molar-refractivity contribution < 1.29 is 29.2 Å². The molecule has 0 aromatic carbocycles. The molecule has 0 amide bonds. The minimum atomic E-state index is -1.47. The quantitative estimate of drug-likeness (QED) is 0.210. The molecule has 270 valence electrons. The summed E-state index contributed by atoms with van der Waals surface area (Å²) in [6.07, 6.45) is 22.3. The van der Waals surface area contributed by atoms with E-state index < -0.39 is 6.16 Å². The molecule has 6 fully saturated rings. The Kier molecular flexibility index (Phi) is 8.69. The van der Waals surface area contributed by atoms with Gasteiger partial charge in [0, 0.05) is 14.2 Å². The van der Waals surface area contributed by atoms with Gasteiger partial charge in [-0.3, -0.25) is 4.74 Å². The third-order valence-electron chi connectivity index (χ3n) is 17.6. The van der Waals surface area contributed by atoms with Crippen LogP contribution >= 0.6 is 0 Å². The van der Waals surface area contributed by atoms with E-state index >= 15 is 0 Å². The predicted octanol–water partition coefficient (Wildman–Crippen LogP) is 8.41. The second kappa shape index (κ2) is 12.2. The monoisotopic (exact) mass is 666 g/mol. The van der Waals surface area contributed by atoms with Gasteiger partial charge in [0.2, 0.25) is 0 Å². The van der Waals surface area contributed by atoms with Gasteiger partial charge in [0.1, 0.15) is 0 Å². The van der Waals surface area contributed by atoms with Crippen molar-refractivity contribution in [3.8, 4) is 0 Å². The number of allylic oxidation sites excluding steroid dienone is 2. The van der Waals surface area contributed by atoms with Crippen LogP contribution in [0.3, 0.4) is 0 Å². The van der Waals surface area contributed by atoms with Crippen LogP contribution in [0, 0.1) is 69.0 Å². The number of ether oxygens (including phenoxy) is 4. The molecule has 2 N–H and O–H groups in total. The highest BCUT2D eigenvalue weighted by molar-refractivity contribution is 5.25. The second-order valence-electron chi connectivity index (χ2n) is 19.1. The van der Waals surface area contributed by atoms with E-state index in [0.29, 0.717) is 36.2 Å². The average molecular weight is 667 g/mol. The molecule has 0 aromatic rings. The number of hydrogen-bond donors (Lipinski definition) is 2. The lowest BCUT2D eigenvalue weighted by atomic mass is 9.46. The standard InChI is InChI=1S/C42H66O6/c1-38-19-15-29(43)23-26(38)7-10-31-33-12-9-28(40(33,3)21-17-35(31)38)25-47-42(45-5,46-6)48-37-14-13-34-32-11-8-27-24-30(44)16-20-39(27,2)36(32)18-22-41(34,37)4/h16,20,23,27-37,43-44H,7-15,17-19,21-22,24-25H2,1-6H3/t27-,28?,29?,30?,31?,32-,33?,34-,35?,36-,37-,38-,39-,40+,41-/m0/s1. The summed E-state index contributed by atoms with van der Waals surface area (Å²) in [5.74, 6) is 5.35. The van der Waals surface area contributed by atoms with E-state index in [1.165, 1.54) is 57.8 Å². The number of aliphatic hydroxyl groups is 2. The Balaban J connectivity index is 0.942. The lowest BCUT2D eigenvalue weighted by Crippen LogP contribution is -2.55. The van der Waals surface area contributed by atoms with Crippen LogP contribution in [0.25, 0.3) is 0 Å². The number of fused-ring (bicyclic) bond motifs is 10. The Bertz CT molecular complexity index is 1270. The van der Waals surface area contributed by atoms with E-state index in [4.69, 9.17) is 18.9 Å². The van der Waals surface area contributed by atoms with E-state index in [9.17, 15) is 10.2 Å². The predicted molar refractivity (Wildman–Crippen MR) is 186 cm³/mol. The van der Waals surface area contributed by atoms with Crippen molar-refractivity contribution in [3.63, 3.8) is 0 Å². The van der Waals surface area contributed by atoms with Gasteiger partial charge in [-0.05, 0) is 165 Å². The van der Waals surface area contributed by atoms with Gasteiger partial charge in [-0.25, -0.2) is 0 Å². The van der Waals surface area contributed by atoms with E-state index in [-0.39, 0.29) is 40.0 Å². The molecule has 8 rings (SSSR count). The molecular formula is C42H66O6. The zero-order valence-electron chi connectivity index (χ0n) is 30.9. The van der Waals surface area contributed by atoms with Gasteiger partial charge in [0.15, 0.2) is 0 Å². The summed E-state index contributed by atoms with van der Waals surface area (Å²) < 4.78 is 25.8. The maximum atomic E-state index is 10.4. The first kappa shape index (κ1) is 34.3. The Morgan fingerprint density at radius 2 is 1.44 bits per heavy atom. The van der Waals surface area contributed by atoms with E-state index in [1.807, 2.05) is 0 Å². The minimum Gasteiger partial charge on any atom is -0.389 e. The zero-order chi connectivity index (χ0) is 33.7. The first-order chi connectivity index (χ1) is 22.9. The average Bonchev–Trinajstić information content (AvgIpc) is 3.59. The van der Waals surface area contributed by atoms with Crippen LogP contribution in [0.5, 0.6) is 0 Å². The van der Waals surface area contributed by atoms with E-state index in [2.05, 4.69) is 45.9 Å². The fourth-order valence-corrected chi connectivity index (χ4v) is 14.7. The molecule has 8 aliphatic carbocycles. The van der Waals surface area contributed by atoms with Gasteiger partial charge in [-0.2, -0.15) is 0 Å². The van der Waals surface area contributed by atoms with Gasteiger partial charge in [-0.1, -0.05) is 51.5 Å². The summed E-state index contributed by atoms with van der Waals surface area (Å²) in [4.78, 5) is 0. The topological polar surface area (TPSA) is 77.4 Å². The van der Waals surface area contributed by atoms with Crippen LogP contribution in [-0.2, 0) is 18.9 Å². The van der Waals surface area contributed by atoms with E-state index in [0.717, 1.165) is 56.3 Å². The summed E-state index contributed by atoms with van der Waals surface area (Å²) >= 11 is 0. The smallest absolute Gasteiger partial charge is 0.389 e. The summed E-state index contributed by atoms with van der Waals surface area (Å²) in [6, 6.07) is 0. The highest BCUT2D eigenvalue weighted by atomic mass is 17.0. The molecular weight excluding hydrogens is 600 g/mol. The molecule has 6 saturated carbocycles. The summed E-state index contributed by atoms with van der Waals surface area (Å²) in [5.41, 5.74) is 2.37. The maximum Gasteiger partial charge on any atom is 0.412 e. The molecule has 0 spiro atoms. The number of hydrogen-bond acceptors (Lipinski definition) is 6. The second-order valence-corrected chi connectivity index (χ2v) is 19.1. The van der Waals surface area contributed by atoms with Gasteiger partial charge in [0.25, 0.3) is 0 Å².